The molecule has 0 radical (unpaired) electrons. The van der Waals surface area contributed by atoms with Crippen molar-refractivity contribution in [2.24, 2.45) is 0 Å². The molecule has 1 heterocycles. The highest BCUT2D eigenvalue weighted by molar-refractivity contribution is 5.47. The predicted molar refractivity (Wildman–Crippen MR) is 48.1 cm³/mol. The van der Waals surface area contributed by atoms with Gasteiger partial charge in [-0.25, -0.2) is 0 Å². The number of aliphatic hydroxyl groups excluding tert-OH is 1. The van der Waals surface area contributed by atoms with Crippen molar-refractivity contribution in [3.8, 4) is 11.5 Å². The largest absolute Gasteiger partial charge is 0.573 e. The topological polar surface area (TPSA) is 51.6 Å². The van der Waals surface area contributed by atoms with E-state index in [4.69, 9.17) is 9.84 Å². The molecule has 0 aliphatic rings. The van der Waals surface area contributed by atoms with Gasteiger partial charge < -0.3 is 14.6 Å². The summed E-state index contributed by atoms with van der Waals surface area (Å²) < 4.78 is 44.9. The van der Waals surface area contributed by atoms with E-state index in [9.17, 15) is 13.2 Å². The summed E-state index contributed by atoms with van der Waals surface area (Å²) in [5.74, 6) is -0.686. The Bertz CT molecular complexity index is 379. The predicted octanol–water partition coefficient (Wildman–Crippen LogP) is 1.79. The lowest BCUT2D eigenvalue weighted by Crippen LogP contribution is -2.19. The molecule has 0 spiro atoms. The Hall–Kier alpha value is -1.50. The first-order chi connectivity index (χ1) is 7.39. The van der Waals surface area contributed by atoms with Crippen LogP contribution in [0.15, 0.2) is 6.20 Å². The zero-order valence-electron chi connectivity index (χ0n) is 8.63. The molecule has 0 fully saturated rings. The van der Waals surface area contributed by atoms with Crippen molar-refractivity contribution in [2.75, 3.05) is 7.11 Å². The summed E-state index contributed by atoms with van der Waals surface area (Å²) in [6.07, 6.45) is -3.73. The SMILES string of the molecule is COc1c(C)ncc(CO)c1OC(F)(F)F. The molecule has 0 saturated heterocycles. The minimum absolute atomic E-state index is 0.0835. The number of halogens is 3. The van der Waals surface area contributed by atoms with Gasteiger partial charge in [0.15, 0.2) is 11.5 Å². The van der Waals surface area contributed by atoms with Crippen LogP contribution in [0, 0.1) is 6.92 Å². The van der Waals surface area contributed by atoms with Gasteiger partial charge in [0.25, 0.3) is 0 Å². The average Bonchev–Trinajstić information content (AvgIpc) is 2.16. The van der Waals surface area contributed by atoms with Crippen molar-refractivity contribution in [3.05, 3.63) is 17.5 Å². The first kappa shape index (κ1) is 12.6. The maximum Gasteiger partial charge on any atom is 0.573 e. The second-order valence-corrected chi connectivity index (χ2v) is 2.94. The van der Waals surface area contributed by atoms with E-state index in [0.29, 0.717) is 0 Å². The van der Waals surface area contributed by atoms with E-state index in [1.165, 1.54) is 14.0 Å². The van der Waals surface area contributed by atoms with E-state index in [2.05, 4.69) is 9.72 Å². The summed E-state index contributed by atoms with van der Waals surface area (Å²) in [5, 5.41) is 8.88. The van der Waals surface area contributed by atoms with Crippen LogP contribution in [-0.2, 0) is 6.61 Å². The molecule has 1 N–H and O–H groups in total. The van der Waals surface area contributed by atoms with Crippen LogP contribution in [0.3, 0.4) is 0 Å². The van der Waals surface area contributed by atoms with E-state index in [1.54, 1.807) is 0 Å². The molecule has 0 atom stereocenters. The van der Waals surface area contributed by atoms with Crippen LogP contribution in [0.5, 0.6) is 11.5 Å². The van der Waals surface area contributed by atoms with E-state index >= 15 is 0 Å². The van der Waals surface area contributed by atoms with Gasteiger partial charge in [0.2, 0.25) is 0 Å². The van der Waals surface area contributed by atoms with Gasteiger partial charge in [0.1, 0.15) is 0 Å². The third kappa shape index (κ3) is 2.75. The van der Waals surface area contributed by atoms with Crippen LogP contribution in [0.25, 0.3) is 0 Å². The molecule has 1 aromatic heterocycles. The van der Waals surface area contributed by atoms with Crippen LogP contribution >= 0.6 is 0 Å². The van der Waals surface area contributed by atoms with Gasteiger partial charge in [-0.15, -0.1) is 13.2 Å². The Kier molecular flexibility index (Phi) is 3.58. The highest BCUT2D eigenvalue weighted by atomic mass is 19.4. The van der Waals surface area contributed by atoms with Gasteiger partial charge in [-0.3, -0.25) is 4.98 Å². The third-order valence-electron chi connectivity index (χ3n) is 1.83. The zero-order valence-corrected chi connectivity index (χ0v) is 8.63. The Balaban J connectivity index is 3.25. The van der Waals surface area contributed by atoms with Crippen molar-refractivity contribution in [1.82, 2.24) is 4.98 Å². The second kappa shape index (κ2) is 4.56. The molecule has 0 aliphatic heterocycles. The number of hydrogen-bond acceptors (Lipinski definition) is 4. The smallest absolute Gasteiger partial charge is 0.491 e. The number of aryl methyl sites for hydroxylation is 1. The lowest BCUT2D eigenvalue weighted by molar-refractivity contribution is -0.275. The van der Waals surface area contributed by atoms with Crippen LogP contribution in [0.2, 0.25) is 0 Å². The fourth-order valence-corrected chi connectivity index (χ4v) is 1.18. The lowest BCUT2D eigenvalue weighted by atomic mass is 10.2. The summed E-state index contributed by atoms with van der Waals surface area (Å²) in [5.41, 5.74) is 0.165. The zero-order chi connectivity index (χ0) is 12.3. The monoisotopic (exact) mass is 237 g/mol. The molecule has 16 heavy (non-hydrogen) atoms. The number of pyridine rings is 1. The molecule has 1 aromatic rings. The minimum atomic E-state index is -4.84. The summed E-state index contributed by atoms with van der Waals surface area (Å²) >= 11 is 0. The number of alkyl halides is 3. The van der Waals surface area contributed by atoms with Crippen LogP contribution in [-0.4, -0.2) is 23.6 Å². The molecule has 0 saturated carbocycles. The summed E-state index contributed by atoms with van der Waals surface area (Å²) in [6.45, 7) is 0.859. The number of aliphatic hydroxyl groups is 1. The van der Waals surface area contributed by atoms with Gasteiger partial charge in [0.05, 0.1) is 19.4 Å². The van der Waals surface area contributed by atoms with Gasteiger partial charge in [-0.05, 0) is 6.92 Å². The highest BCUT2D eigenvalue weighted by Gasteiger charge is 2.34. The number of ether oxygens (including phenoxy) is 2. The Labute approximate surface area is 89.6 Å². The molecule has 7 heteroatoms. The number of rotatable bonds is 3. The number of hydrogen-bond donors (Lipinski definition) is 1. The van der Waals surface area contributed by atoms with Crippen LogP contribution < -0.4 is 9.47 Å². The molecule has 0 bridgehead atoms. The normalized spacial score (nSPS) is 11.4. The summed E-state index contributed by atoms with van der Waals surface area (Å²) in [7, 11) is 1.20. The van der Waals surface area contributed by atoms with E-state index in [1.807, 2.05) is 0 Å². The van der Waals surface area contributed by atoms with E-state index in [0.717, 1.165) is 6.20 Å². The molecular formula is C9H10F3NO3. The Morgan fingerprint density at radius 1 is 1.38 bits per heavy atom. The van der Waals surface area contributed by atoms with Crippen LogP contribution in [0.1, 0.15) is 11.3 Å². The van der Waals surface area contributed by atoms with Crippen molar-refractivity contribution < 1.29 is 27.8 Å². The fraction of sp³-hybridized carbons (Fsp3) is 0.444. The molecule has 90 valence electrons. The van der Waals surface area contributed by atoms with Gasteiger partial charge in [-0.2, -0.15) is 0 Å². The van der Waals surface area contributed by atoms with Gasteiger partial charge in [-0.1, -0.05) is 0 Å². The molecule has 1 rings (SSSR count). The van der Waals surface area contributed by atoms with Gasteiger partial charge >= 0.3 is 6.36 Å². The number of nitrogens with zero attached hydrogens (tertiary/aromatic N) is 1. The average molecular weight is 237 g/mol. The van der Waals surface area contributed by atoms with Crippen molar-refractivity contribution in [2.45, 2.75) is 19.9 Å². The van der Waals surface area contributed by atoms with E-state index in [-0.39, 0.29) is 17.0 Å². The fourth-order valence-electron chi connectivity index (χ4n) is 1.18. The van der Waals surface area contributed by atoms with Crippen LogP contribution in [0.4, 0.5) is 13.2 Å². The Morgan fingerprint density at radius 2 is 2.00 bits per heavy atom. The van der Waals surface area contributed by atoms with Crippen molar-refractivity contribution >= 4 is 0 Å². The molecule has 4 nitrogen and oxygen atoms in total. The van der Waals surface area contributed by atoms with E-state index < -0.39 is 18.7 Å². The summed E-state index contributed by atoms with van der Waals surface area (Å²) in [6, 6.07) is 0. The Morgan fingerprint density at radius 3 is 2.44 bits per heavy atom. The molecule has 0 aromatic carbocycles. The number of methoxy groups -OCH3 is 1. The first-order valence-corrected chi connectivity index (χ1v) is 4.28. The minimum Gasteiger partial charge on any atom is -0.491 e. The summed E-state index contributed by atoms with van der Waals surface area (Å²) in [4.78, 5) is 3.78. The maximum absolute atomic E-state index is 12.1. The number of aromatic nitrogens is 1. The molecule has 0 aliphatic carbocycles. The first-order valence-electron chi connectivity index (χ1n) is 4.28. The molecule has 0 amide bonds. The van der Waals surface area contributed by atoms with Gasteiger partial charge in [0, 0.05) is 11.8 Å². The standard InChI is InChI=1S/C9H10F3NO3/c1-5-7(15-2)8(16-9(10,11)12)6(4-14)3-13-5/h3,14H,4H2,1-2H3. The molecular weight excluding hydrogens is 227 g/mol. The van der Waals surface area contributed by atoms with Crippen molar-refractivity contribution in [3.63, 3.8) is 0 Å². The second-order valence-electron chi connectivity index (χ2n) is 2.94. The maximum atomic E-state index is 12.1. The van der Waals surface area contributed by atoms with Crippen molar-refractivity contribution in [1.29, 1.82) is 0 Å². The molecule has 0 unspecified atom stereocenters. The lowest BCUT2D eigenvalue weighted by Gasteiger charge is -2.16. The third-order valence-corrected chi connectivity index (χ3v) is 1.83. The highest BCUT2D eigenvalue weighted by Crippen LogP contribution is 2.36. The quantitative estimate of drug-likeness (QED) is 0.870.